The lowest BCUT2D eigenvalue weighted by atomic mass is 10.1. The van der Waals surface area contributed by atoms with Gasteiger partial charge < -0.3 is 9.80 Å². The van der Waals surface area contributed by atoms with Gasteiger partial charge in [-0.25, -0.2) is 0 Å². The molecule has 0 N–H and O–H groups in total. The van der Waals surface area contributed by atoms with Crippen LogP contribution in [0.4, 0.5) is 5.69 Å². The number of ketones is 1. The van der Waals surface area contributed by atoms with Crippen molar-refractivity contribution in [1.29, 1.82) is 0 Å². The summed E-state index contributed by atoms with van der Waals surface area (Å²) in [5, 5.41) is 0. The van der Waals surface area contributed by atoms with E-state index in [0.29, 0.717) is 24.6 Å². The summed E-state index contributed by atoms with van der Waals surface area (Å²) < 4.78 is 0. The van der Waals surface area contributed by atoms with Gasteiger partial charge >= 0.3 is 0 Å². The average molecular weight is 273 g/mol. The fourth-order valence-corrected chi connectivity index (χ4v) is 3.02. The number of aromatic nitrogens is 1. The minimum absolute atomic E-state index is 0.0720. The number of amides is 1. The second kappa shape index (κ2) is 5.23. The molecule has 1 atom stereocenters. The Kier molecular flexibility index (Phi) is 3.42. The van der Waals surface area contributed by atoms with Crippen molar-refractivity contribution in [2.24, 2.45) is 0 Å². The van der Waals surface area contributed by atoms with Gasteiger partial charge in [0, 0.05) is 38.5 Å². The molecule has 1 unspecified atom stereocenters. The number of nitrogens with zero attached hydrogens (tertiary/aromatic N) is 3. The molecule has 0 aromatic carbocycles. The van der Waals surface area contributed by atoms with Crippen molar-refractivity contribution in [2.45, 2.75) is 32.2 Å². The number of hydrogen-bond donors (Lipinski definition) is 0. The third-order valence-corrected chi connectivity index (χ3v) is 4.21. The van der Waals surface area contributed by atoms with Gasteiger partial charge in [-0.15, -0.1) is 0 Å². The van der Waals surface area contributed by atoms with Gasteiger partial charge in [0.15, 0.2) is 5.78 Å². The first-order chi connectivity index (χ1) is 9.69. The summed E-state index contributed by atoms with van der Waals surface area (Å²) in [6, 6.07) is 4.10. The molecular weight excluding hydrogens is 254 g/mol. The molecule has 3 rings (SSSR count). The summed E-state index contributed by atoms with van der Waals surface area (Å²) in [5.41, 5.74) is 1.57. The molecule has 106 valence electrons. The number of carbonyl (C=O) groups excluding carboxylic acids is 2. The first-order valence-electron chi connectivity index (χ1n) is 7.22. The molecule has 0 saturated carbocycles. The summed E-state index contributed by atoms with van der Waals surface area (Å²) in [7, 11) is 0. The molecule has 20 heavy (non-hydrogen) atoms. The van der Waals surface area contributed by atoms with Crippen LogP contribution >= 0.6 is 0 Å². The molecule has 2 fully saturated rings. The summed E-state index contributed by atoms with van der Waals surface area (Å²) in [4.78, 5) is 31.7. The second-order valence-electron chi connectivity index (χ2n) is 5.40. The maximum atomic E-state index is 11.7. The van der Waals surface area contributed by atoms with Crippen molar-refractivity contribution in [3.05, 3.63) is 24.0 Å². The van der Waals surface area contributed by atoms with Crippen LogP contribution in [0.3, 0.4) is 0 Å². The maximum Gasteiger partial charge on any atom is 0.223 e. The maximum absolute atomic E-state index is 11.7. The zero-order valence-electron chi connectivity index (χ0n) is 11.7. The SMILES string of the molecule is CCC(=O)c1ccc(N2CCN3C(=O)CCC3C2)cn1. The summed E-state index contributed by atoms with van der Waals surface area (Å²) in [6.45, 7) is 4.34. The smallest absolute Gasteiger partial charge is 0.223 e. The molecule has 5 nitrogen and oxygen atoms in total. The molecule has 5 heteroatoms. The number of Topliss-reactive ketones (excluding diaryl/α,β-unsaturated/α-hetero) is 1. The Morgan fingerprint density at radius 2 is 2.25 bits per heavy atom. The van der Waals surface area contributed by atoms with Crippen molar-refractivity contribution in [3.63, 3.8) is 0 Å². The summed E-state index contributed by atoms with van der Waals surface area (Å²) in [5.74, 6) is 0.361. The molecule has 0 bridgehead atoms. The number of carbonyl (C=O) groups is 2. The normalized spacial score (nSPS) is 22.1. The summed E-state index contributed by atoms with van der Waals surface area (Å²) in [6.07, 6.45) is 3.89. The van der Waals surface area contributed by atoms with Crippen LogP contribution in [-0.2, 0) is 4.79 Å². The van der Waals surface area contributed by atoms with Gasteiger partial charge in [-0.05, 0) is 18.6 Å². The highest BCUT2D eigenvalue weighted by Gasteiger charge is 2.35. The van der Waals surface area contributed by atoms with Crippen molar-refractivity contribution in [3.8, 4) is 0 Å². The Labute approximate surface area is 118 Å². The van der Waals surface area contributed by atoms with Gasteiger partial charge in [0.25, 0.3) is 0 Å². The minimum atomic E-state index is 0.0720. The van der Waals surface area contributed by atoms with Crippen LogP contribution in [-0.4, -0.2) is 47.3 Å². The Bertz CT molecular complexity index is 526. The van der Waals surface area contributed by atoms with E-state index in [-0.39, 0.29) is 11.7 Å². The van der Waals surface area contributed by atoms with Crippen molar-refractivity contribution in [2.75, 3.05) is 24.5 Å². The third-order valence-electron chi connectivity index (χ3n) is 4.21. The Morgan fingerprint density at radius 1 is 1.40 bits per heavy atom. The first-order valence-corrected chi connectivity index (χ1v) is 7.22. The predicted molar refractivity (Wildman–Crippen MR) is 75.8 cm³/mol. The molecule has 1 aromatic heterocycles. The highest BCUT2D eigenvalue weighted by atomic mass is 16.2. The van der Waals surface area contributed by atoms with E-state index in [9.17, 15) is 9.59 Å². The largest absolute Gasteiger partial charge is 0.366 e. The zero-order valence-corrected chi connectivity index (χ0v) is 11.7. The predicted octanol–water partition coefficient (Wildman–Crippen LogP) is 1.49. The van der Waals surface area contributed by atoms with E-state index in [0.717, 1.165) is 31.7 Å². The van der Waals surface area contributed by atoms with E-state index in [1.165, 1.54) is 0 Å². The standard InChI is InChI=1S/C15H19N3O2/c1-2-14(19)13-5-3-11(9-16-13)17-7-8-18-12(10-17)4-6-15(18)20/h3,5,9,12H,2,4,6-8,10H2,1H3. The van der Waals surface area contributed by atoms with Crippen LogP contribution in [0.5, 0.6) is 0 Å². The molecule has 3 heterocycles. The Hall–Kier alpha value is -1.91. The van der Waals surface area contributed by atoms with Gasteiger partial charge in [-0.1, -0.05) is 6.92 Å². The highest BCUT2D eigenvalue weighted by Crippen LogP contribution is 2.26. The molecular formula is C15H19N3O2. The number of anilines is 1. The van der Waals surface area contributed by atoms with Gasteiger partial charge in [0.05, 0.1) is 11.9 Å². The van der Waals surface area contributed by atoms with Crippen molar-refractivity contribution in [1.82, 2.24) is 9.88 Å². The molecule has 0 radical (unpaired) electrons. The van der Waals surface area contributed by atoms with Crippen molar-refractivity contribution >= 4 is 17.4 Å². The number of rotatable bonds is 3. The molecule has 0 aliphatic carbocycles. The fourth-order valence-electron chi connectivity index (χ4n) is 3.02. The van der Waals surface area contributed by atoms with Crippen LogP contribution in [0.25, 0.3) is 0 Å². The van der Waals surface area contributed by atoms with Gasteiger partial charge in [-0.2, -0.15) is 0 Å². The number of fused-ring (bicyclic) bond motifs is 1. The van der Waals surface area contributed by atoms with Gasteiger partial charge in [-0.3, -0.25) is 14.6 Å². The van der Waals surface area contributed by atoms with E-state index in [2.05, 4.69) is 9.88 Å². The fraction of sp³-hybridized carbons (Fsp3) is 0.533. The molecule has 1 amide bonds. The van der Waals surface area contributed by atoms with Crippen LogP contribution in [0.15, 0.2) is 18.3 Å². The van der Waals surface area contributed by atoms with E-state index >= 15 is 0 Å². The monoisotopic (exact) mass is 273 g/mol. The van der Waals surface area contributed by atoms with Gasteiger partial charge in [0.2, 0.25) is 5.91 Å². The number of piperazine rings is 1. The number of hydrogen-bond acceptors (Lipinski definition) is 4. The number of pyridine rings is 1. The van der Waals surface area contributed by atoms with E-state index in [1.807, 2.05) is 17.9 Å². The topological polar surface area (TPSA) is 53.5 Å². The lowest BCUT2D eigenvalue weighted by molar-refractivity contribution is -0.129. The first kappa shape index (κ1) is 13.1. The highest BCUT2D eigenvalue weighted by molar-refractivity contribution is 5.94. The lowest BCUT2D eigenvalue weighted by Crippen LogP contribution is -2.51. The summed E-state index contributed by atoms with van der Waals surface area (Å²) >= 11 is 0. The van der Waals surface area contributed by atoms with Crippen molar-refractivity contribution < 1.29 is 9.59 Å². The van der Waals surface area contributed by atoms with E-state index < -0.39 is 0 Å². The molecule has 2 aliphatic rings. The molecule has 2 saturated heterocycles. The van der Waals surface area contributed by atoms with E-state index in [1.54, 1.807) is 12.3 Å². The van der Waals surface area contributed by atoms with Crippen LogP contribution in [0.1, 0.15) is 36.7 Å². The molecule has 1 aromatic rings. The van der Waals surface area contributed by atoms with Crippen LogP contribution in [0.2, 0.25) is 0 Å². The van der Waals surface area contributed by atoms with Crippen LogP contribution < -0.4 is 4.90 Å². The second-order valence-corrected chi connectivity index (χ2v) is 5.40. The molecule has 0 spiro atoms. The lowest BCUT2D eigenvalue weighted by Gasteiger charge is -2.38. The molecule has 2 aliphatic heterocycles. The Morgan fingerprint density at radius 3 is 2.95 bits per heavy atom. The van der Waals surface area contributed by atoms with Gasteiger partial charge in [0.1, 0.15) is 5.69 Å². The third kappa shape index (κ3) is 2.28. The van der Waals surface area contributed by atoms with E-state index in [4.69, 9.17) is 0 Å². The Balaban J connectivity index is 1.71. The quantitative estimate of drug-likeness (QED) is 0.783. The zero-order chi connectivity index (χ0) is 14.1. The average Bonchev–Trinajstić information content (AvgIpc) is 2.87. The minimum Gasteiger partial charge on any atom is -0.366 e. The van der Waals surface area contributed by atoms with Crippen LogP contribution in [0, 0.1) is 0 Å².